The zero-order valence-corrected chi connectivity index (χ0v) is 13.7. The Kier molecular flexibility index (Phi) is 6.87. The van der Waals surface area contributed by atoms with Gasteiger partial charge in [0.1, 0.15) is 0 Å². The molecule has 0 atom stereocenters. The Balaban J connectivity index is 1.62. The second-order valence-corrected chi connectivity index (χ2v) is 5.70. The molecule has 2 amide bonds. The minimum atomic E-state index is -0.251. The van der Waals surface area contributed by atoms with Crippen LogP contribution in [0.3, 0.4) is 0 Å². The van der Waals surface area contributed by atoms with Gasteiger partial charge in [-0.3, -0.25) is 9.69 Å². The lowest BCUT2D eigenvalue weighted by Gasteiger charge is -2.31. The molecule has 1 heterocycles. The Labute approximate surface area is 137 Å². The van der Waals surface area contributed by atoms with E-state index in [1.165, 1.54) is 10.5 Å². The molecule has 0 radical (unpaired) electrons. The van der Waals surface area contributed by atoms with Crippen molar-refractivity contribution < 1.29 is 19.2 Å². The number of carbonyl (C=O) groups is 2. The largest absolute Gasteiger partial charge is 0.450 e. The van der Waals surface area contributed by atoms with Crippen LogP contribution in [0.4, 0.5) is 4.79 Å². The third-order valence-corrected chi connectivity index (χ3v) is 3.99. The summed E-state index contributed by atoms with van der Waals surface area (Å²) in [6.07, 6.45) is 0.595. The van der Waals surface area contributed by atoms with E-state index in [0.717, 1.165) is 19.5 Å². The van der Waals surface area contributed by atoms with Crippen molar-refractivity contribution in [3.8, 4) is 0 Å². The smallest absolute Gasteiger partial charge is 0.410 e. The molecule has 1 aromatic rings. The minimum absolute atomic E-state index is 0.0699. The SMILES string of the molecule is CCOC(=O)N1CC[NH+](CC(=O)NCCc2ccccc2)CC1. The van der Waals surface area contributed by atoms with E-state index in [1.54, 1.807) is 11.8 Å². The molecule has 1 saturated heterocycles. The van der Waals surface area contributed by atoms with E-state index in [1.807, 2.05) is 18.2 Å². The van der Waals surface area contributed by atoms with Crippen LogP contribution in [0, 0.1) is 0 Å². The molecular formula is C17H26N3O3+. The highest BCUT2D eigenvalue weighted by atomic mass is 16.6. The highest BCUT2D eigenvalue weighted by molar-refractivity contribution is 5.76. The van der Waals surface area contributed by atoms with Crippen molar-refractivity contribution in [3.63, 3.8) is 0 Å². The maximum Gasteiger partial charge on any atom is 0.410 e. The predicted molar refractivity (Wildman–Crippen MR) is 87.3 cm³/mol. The summed E-state index contributed by atoms with van der Waals surface area (Å²) >= 11 is 0. The van der Waals surface area contributed by atoms with Crippen LogP contribution in [0.15, 0.2) is 30.3 Å². The number of amides is 2. The molecule has 0 spiro atoms. The molecule has 23 heavy (non-hydrogen) atoms. The molecule has 0 bridgehead atoms. The molecule has 6 nitrogen and oxygen atoms in total. The van der Waals surface area contributed by atoms with Crippen LogP contribution >= 0.6 is 0 Å². The van der Waals surface area contributed by atoms with Crippen LogP contribution in [-0.4, -0.2) is 62.8 Å². The fourth-order valence-electron chi connectivity index (χ4n) is 2.68. The summed E-state index contributed by atoms with van der Waals surface area (Å²) in [5.74, 6) is 0.0699. The van der Waals surface area contributed by atoms with E-state index < -0.39 is 0 Å². The first-order chi connectivity index (χ1) is 11.2. The van der Waals surface area contributed by atoms with E-state index in [-0.39, 0.29) is 12.0 Å². The van der Waals surface area contributed by atoms with Crippen molar-refractivity contribution in [2.45, 2.75) is 13.3 Å². The van der Waals surface area contributed by atoms with Gasteiger partial charge in [0.2, 0.25) is 0 Å². The number of piperazine rings is 1. The van der Waals surface area contributed by atoms with Crippen molar-refractivity contribution in [2.75, 3.05) is 45.9 Å². The number of nitrogens with zero attached hydrogens (tertiary/aromatic N) is 1. The first-order valence-electron chi connectivity index (χ1n) is 8.25. The summed E-state index contributed by atoms with van der Waals surface area (Å²) in [6, 6.07) is 10.1. The van der Waals surface area contributed by atoms with Gasteiger partial charge in [-0.1, -0.05) is 30.3 Å². The van der Waals surface area contributed by atoms with Crippen molar-refractivity contribution in [1.82, 2.24) is 10.2 Å². The number of quaternary nitrogens is 1. The van der Waals surface area contributed by atoms with E-state index >= 15 is 0 Å². The van der Waals surface area contributed by atoms with Gasteiger partial charge in [0.25, 0.3) is 5.91 Å². The Bertz CT molecular complexity index is 499. The Morgan fingerprint density at radius 1 is 1.22 bits per heavy atom. The number of ether oxygens (including phenoxy) is 1. The van der Waals surface area contributed by atoms with Crippen LogP contribution in [0.5, 0.6) is 0 Å². The number of nitrogens with one attached hydrogen (secondary N) is 2. The molecule has 2 N–H and O–H groups in total. The third kappa shape index (κ3) is 5.90. The first-order valence-corrected chi connectivity index (χ1v) is 8.25. The van der Waals surface area contributed by atoms with Crippen molar-refractivity contribution >= 4 is 12.0 Å². The van der Waals surface area contributed by atoms with E-state index in [0.29, 0.717) is 32.8 Å². The zero-order chi connectivity index (χ0) is 16.5. The normalized spacial score (nSPS) is 15.3. The van der Waals surface area contributed by atoms with Gasteiger partial charge in [-0.2, -0.15) is 0 Å². The zero-order valence-electron chi connectivity index (χ0n) is 13.7. The van der Waals surface area contributed by atoms with Gasteiger partial charge in [0.05, 0.1) is 32.8 Å². The van der Waals surface area contributed by atoms with Gasteiger partial charge < -0.3 is 15.0 Å². The monoisotopic (exact) mass is 320 g/mol. The number of rotatable bonds is 6. The molecule has 0 aromatic heterocycles. The van der Waals surface area contributed by atoms with E-state index in [4.69, 9.17) is 4.74 Å². The minimum Gasteiger partial charge on any atom is -0.450 e. The van der Waals surface area contributed by atoms with Gasteiger partial charge in [0, 0.05) is 6.54 Å². The summed E-state index contributed by atoms with van der Waals surface area (Å²) in [5.41, 5.74) is 1.23. The summed E-state index contributed by atoms with van der Waals surface area (Å²) in [6.45, 7) is 6.18. The maximum atomic E-state index is 12.0. The average molecular weight is 320 g/mol. The third-order valence-electron chi connectivity index (χ3n) is 3.99. The van der Waals surface area contributed by atoms with Gasteiger partial charge >= 0.3 is 6.09 Å². The molecule has 0 saturated carbocycles. The topological polar surface area (TPSA) is 63.1 Å². The molecule has 126 valence electrons. The molecule has 1 aliphatic rings. The summed E-state index contributed by atoms with van der Waals surface area (Å²) in [5, 5.41) is 2.97. The molecule has 1 aromatic carbocycles. The molecule has 0 aliphatic carbocycles. The van der Waals surface area contributed by atoms with Crippen molar-refractivity contribution in [2.24, 2.45) is 0 Å². The van der Waals surface area contributed by atoms with Crippen molar-refractivity contribution in [1.29, 1.82) is 0 Å². The number of hydrogen-bond acceptors (Lipinski definition) is 3. The van der Waals surface area contributed by atoms with Crippen LogP contribution in [0.2, 0.25) is 0 Å². The van der Waals surface area contributed by atoms with E-state index in [2.05, 4.69) is 17.4 Å². The Morgan fingerprint density at radius 2 is 1.91 bits per heavy atom. The Hall–Kier alpha value is -2.08. The highest BCUT2D eigenvalue weighted by Gasteiger charge is 2.25. The van der Waals surface area contributed by atoms with Crippen LogP contribution in [0.25, 0.3) is 0 Å². The lowest BCUT2D eigenvalue weighted by atomic mass is 10.1. The maximum absolute atomic E-state index is 12.0. The van der Waals surface area contributed by atoms with E-state index in [9.17, 15) is 9.59 Å². The molecule has 1 aliphatic heterocycles. The van der Waals surface area contributed by atoms with Crippen LogP contribution < -0.4 is 10.2 Å². The second kappa shape index (κ2) is 9.15. The lowest BCUT2D eigenvalue weighted by Crippen LogP contribution is -3.15. The highest BCUT2D eigenvalue weighted by Crippen LogP contribution is 1.98. The van der Waals surface area contributed by atoms with Gasteiger partial charge in [-0.15, -0.1) is 0 Å². The van der Waals surface area contributed by atoms with Gasteiger partial charge in [-0.05, 0) is 18.9 Å². The summed E-state index contributed by atoms with van der Waals surface area (Å²) < 4.78 is 4.99. The van der Waals surface area contributed by atoms with Crippen molar-refractivity contribution in [3.05, 3.63) is 35.9 Å². The molecular weight excluding hydrogens is 294 g/mol. The molecule has 0 unspecified atom stereocenters. The van der Waals surface area contributed by atoms with Gasteiger partial charge in [-0.25, -0.2) is 4.79 Å². The fourth-order valence-corrected chi connectivity index (χ4v) is 2.68. The number of hydrogen-bond donors (Lipinski definition) is 2. The lowest BCUT2D eigenvalue weighted by molar-refractivity contribution is -0.896. The van der Waals surface area contributed by atoms with Crippen LogP contribution in [0.1, 0.15) is 12.5 Å². The summed E-state index contributed by atoms with van der Waals surface area (Å²) in [7, 11) is 0. The summed E-state index contributed by atoms with van der Waals surface area (Å²) in [4.78, 5) is 26.5. The Morgan fingerprint density at radius 3 is 2.57 bits per heavy atom. The number of benzene rings is 1. The van der Waals surface area contributed by atoms with Crippen LogP contribution in [-0.2, 0) is 16.0 Å². The second-order valence-electron chi connectivity index (χ2n) is 5.70. The van der Waals surface area contributed by atoms with Gasteiger partial charge in [0.15, 0.2) is 6.54 Å². The fraction of sp³-hybridized carbons (Fsp3) is 0.529. The quantitative estimate of drug-likeness (QED) is 0.757. The predicted octanol–water partition coefficient (Wildman–Crippen LogP) is -0.298. The molecule has 1 fully saturated rings. The molecule has 6 heteroatoms. The average Bonchev–Trinajstić information content (AvgIpc) is 2.57. The first kappa shape index (κ1) is 17.3. The molecule has 2 rings (SSSR count). The standard InChI is InChI=1S/C17H25N3O3/c1-2-23-17(22)20-12-10-19(11-13-20)14-16(21)18-9-8-15-6-4-3-5-7-15/h3-7H,2,8-14H2,1H3,(H,18,21)/p+1. The number of carbonyl (C=O) groups excluding carboxylic acids is 2.